The molecule has 4 heteroatoms. The molecule has 152 valence electrons. The van der Waals surface area contributed by atoms with Crippen LogP contribution in [-0.2, 0) is 13.0 Å². The first kappa shape index (κ1) is 19.5. The number of benzene rings is 4. The fourth-order valence-corrected chi connectivity index (χ4v) is 4.39. The van der Waals surface area contributed by atoms with Crippen molar-refractivity contribution in [2.45, 2.75) is 18.9 Å². The molecule has 5 rings (SSSR count). The van der Waals surface area contributed by atoms with Crippen LogP contribution in [0.2, 0.25) is 0 Å². The summed E-state index contributed by atoms with van der Waals surface area (Å²) in [5.41, 5.74) is 3.77. The first-order chi connectivity index (χ1) is 15.3. The smallest absolute Gasteiger partial charge is 0.195 e. The van der Waals surface area contributed by atoms with Gasteiger partial charge in [0.2, 0.25) is 0 Å². The Morgan fingerprint density at radius 3 is 2.03 bits per heavy atom. The number of rotatable bonds is 6. The molecule has 0 amide bonds. The lowest BCUT2D eigenvalue weighted by atomic mass is 9.91. The molecule has 4 aromatic carbocycles. The second-order valence-electron chi connectivity index (χ2n) is 7.79. The van der Waals surface area contributed by atoms with E-state index in [2.05, 4.69) is 118 Å². The number of fused-ring (bicyclic) bond motifs is 1. The molecule has 0 atom stereocenters. The molecular formula is C27H23N3S. The Labute approximate surface area is 187 Å². The Morgan fingerprint density at radius 1 is 0.742 bits per heavy atom. The van der Waals surface area contributed by atoms with Gasteiger partial charge in [-0.3, -0.25) is 5.10 Å². The molecule has 0 unspecified atom stereocenters. The lowest BCUT2D eigenvalue weighted by Crippen LogP contribution is -2.14. The van der Waals surface area contributed by atoms with Crippen molar-refractivity contribution < 1.29 is 0 Å². The van der Waals surface area contributed by atoms with Crippen molar-refractivity contribution in [3.8, 4) is 0 Å². The van der Waals surface area contributed by atoms with Crippen molar-refractivity contribution in [1.82, 2.24) is 14.8 Å². The molecule has 31 heavy (non-hydrogen) atoms. The van der Waals surface area contributed by atoms with Crippen LogP contribution in [0.1, 0.15) is 28.4 Å². The largest absolute Gasteiger partial charge is 0.303 e. The molecular weight excluding hydrogens is 398 g/mol. The van der Waals surface area contributed by atoms with Gasteiger partial charge in [-0.25, -0.2) is 0 Å². The standard InChI is InChI=1S/C27H23N3S/c31-27-29-28-26(18-20-15-16-21-9-7-8-14-24(21)17-20)30(27)19-25(22-10-3-1-4-11-22)23-12-5-2-6-13-23/h1-17,25H,18-19H2,(H,29,31). The van der Waals surface area contributed by atoms with Gasteiger partial charge in [-0.05, 0) is 39.7 Å². The lowest BCUT2D eigenvalue weighted by molar-refractivity contribution is 0.594. The van der Waals surface area contributed by atoms with Gasteiger partial charge in [-0.1, -0.05) is 103 Å². The highest BCUT2D eigenvalue weighted by atomic mass is 32.1. The SMILES string of the molecule is S=c1[nH]nc(Cc2ccc3ccccc3c2)n1CC(c1ccccc1)c1ccccc1. The minimum atomic E-state index is 0.196. The fraction of sp³-hybridized carbons (Fsp3) is 0.111. The topological polar surface area (TPSA) is 33.6 Å². The van der Waals surface area contributed by atoms with E-state index in [1.54, 1.807) is 0 Å². The van der Waals surface area contributed by atoms with E-state index in [1.807, 2.05) is 0 Å². The molecule has 0 saturated carbocycles. The summed E-state index contributed by atoms with van der Waals surface area (Å²) in [7, 11) is 0. The van der Waals surface area contributed by atoms with Crippen LogP contribution in [0, 0.1) is 4.77 Å². The zero-order chi connectivity index (χ0) is 21.0. The molecule has 5 aromatic rings. The maximum atomic E-state index is 5.63. The molecule has 0 bridgehead atoms. The molecule has 1 heterocycles. The number of H-pyrrole nitrogens is 1. The number of aromatic nitrogens is 3. The van der Waals surface area contributed by atoms with Gasteiger partial charge < -0.3 is 4.57 Å². The summed E-state index contributed by atoms with van der Waals surface area (Å²) in [5.74, 6) is 1.15. The zero-order valence-electron chi connectivity index (χ0n) is 17.1. The minimum Gasteiger partial charge on any atom is -0.303 e. The summed E-state index contributed by atoms with van der Waals surface area (Å²) < 4.78 is 2.81. The van der Waals surface area contributed by atoms with Crippen molar-refractivity contribution in [1.29, 1.82) is 0 Å². The van der Waals surface area contributed by atoms with Crippen molar-refractivity contribution in [2.75, 3.05) is 0 Å². The monoisotopic (exact) mass is 421 g/mol. The average Bonchev–Trinajstić information content (AvgIpc) is 3.17. The highest BCUT2D eigenvalue weighted by Gasteiger charge is 2.18. The molecule has 0 spiro atoms. The summed E-state index contributed by atoms with van der Waals surface area (Å²) in [5, 5.41) is 10.1. The van der Waals surface area contributed by atoms with Crippen LogP contribution in [-0.4, -0.2) is 14.8 Å². The second-order valence-corrected chi connectivity index (χ2v) is 8.17. The number of hydrogen-bond donors (Lipinski definition) is 1. The van der Waals surface area contributed by atoms with Crippen molar-refractivity contribution in [2.24, 2.45) is 0 Å². The van der Waals surface area contributed by atoms with Crippen LogP contribution in [0.4, 0.5) is 0 Å². The minimum absolute atomic E-state index is 0.196. The summed E-state index contributed by atoms with van der Waals surface area (Å²) in [4.78, 5) is 0. The van der Waals surface area contributed by atoms with E-state index in [9.17, 15) is 0 Å². The maximum absolute atomic E-state index is 5.63. The van der Waals surface area contributed by atoms with Crippen molar-refractivity contribution >= 4 is 23.0 Å². The van der Waals surface area contributed by atoms with Gasteiger partial charge in [0.05, 0.1) is 0 Å². The van der Waals surface area contributed by atoms with Crippen LogP contribution >= 0.6 is 12.2 Å². The Bertz CT molecular complexity index is 1310. The van der Waals surface area contributed by atoms with Crippen LogP contribution in [0.5, 0.6) is 0 Å². The number of nitrogens with zero attached hydrogens (tertiary/aromatic N) is 2. The molecule has 0 radical (unpaired) electrons. The average molecular weight is 422 g/mol. The summed E-state index contributed by atoms with van der Waals surface area (Å²) in [6.45, 7) is 0.742. The first-order valence-electron chi connectivity index (χ1n) is 10.5. The van der Waals surface area contributed by atoms with Crippen LogP contribution < -0.4 is 0 Å². The second kappa shape index (κ2) is 8.70. The Balaban J connectivity index is 1.50. The lowest BCUT2D eigenvalue weighted by Gasteiger charge is -2.20. The molecule has 0 fully saturated rings. The zero-order valence-corrected chi connectivity index (χ0v) is 17.9. The van der Waals surface area contributed by atoms with Gasteiger partial charge >= 0.3 is 0 Å². The first-order valence-corrected chi connectivity index (χ1v) is 10.9. The van der Waals surface area contributed by atoms with E-state index in [-0.39, 0.29) is 5.92 Å². The van der Waals surface area contributed by atoms with Gasteiger partial charge in [0.25, 0.3) is 0 Å². The Kier molecular flexibility index (Phi) is 5.46. The molecule has 3 nitrogen and oxygen atoms in total. The Hall–Kier alpha value is -3.50. The van der Waals surface area contributed by atoms with Crippen molar-refractivity contribution in [3.63, 3.8) is 0 Å². The number of hydrogen-bond acceptors (Lipinski definition) is 2. The third-order valence-corrected chi connectivity index (χ3v) is 6.09. The third kappa shape index (κ3) is 4.21. The number of aromatic amines is 1. The highest BCUT2D eigenvalue weighted by Crippen LogP contribution is 2.27. The van der Waals surface area contributed by atoms with E-state index in [0.29, 0.717) is 4.77 Å². The summed E-state index contributed by atoms with van der Waals surface area (Å²) in [6.07, 6.45) is 0.730. The van der Waals surface area contributed by atoms with Gasteiger partial charge in [-0.2, -0.15) is 5.10 Å². The van der Waals surface area contributed by atoms with Crippen LogP contribution in [0.25, 0.3) is 10.8 Å². The predicted molar refractivity (Wildman–Crippen MR) is 129 cm³/mol. The van der Waals surface area contributed by atoms with Gasteiger partial charge in [0.1, 0.15) is 5.82 Å². The molecule has 0 aliphatic carbocycles. The van der Waals surface area contributed by atoms with Gasteiger partial charge in [0, 0.05) is 18.9 Å². The van der Waals surface area contributed by atoms with E-state index < -0.39 is 0 Å². The molecule has 1 N–H and O–H groups in total. The van der Waals surface area contributed by atoms with E-state index >= 15 is 0 Å². The highest BCUT2D eigenvalue weighted by molar-refractivity contribution is 7.71. The predicted octanol–water partition coefficient (Wildman–Crippen LogP) is 6.52. The van der Waals surface area contributed by atoms with Crippen molar-refractivity contribution in [3.05, 3.63) is 130 Å². The molecule has 0 saturated heterocycles. The van der Waals surface area contributed by atoms with E-state index in [4.69, 9.17) is 12.2 Å². The molecule has 0 aliphatic heterocycles. The summed E-state index contributed by atoms with van der Waals surface area (Å²) in [6, 6.07) is 36.2. The van der Waals surface area contributed by atoms with Gasteiger partial charge in [0.15, 0.2) is 4.77 Å². The van der Waals surface area contributed by atoms with E-state index in [1.165, 1.54) is 27.5 Å². The number of nitrogens with one attached hydrogen (secondary N) is 1. The third-order valence-electron chi connectivity index (χ3n) is 5.78. The maximum Gasteiger partial charge on any atom is 0.195 e. The summed E-state index contributed by atoms with van der Waals surface area (Å²) >= 11 is 5.63. The van der Waals surface area contributed by atoms with E-state index in [0.717, 1.165) is 18.8 Å². The fourth-order valence-electron chi connectivity index (χ4n) is 4.16. The van der Waals surface area contributed by atoms with Gasteiger partial charge in [-0.15, -0.1) is 0 Å². The quantitative estimate of drug-likeness (QED) is 0.317. The van der Waals surface area contributed by atoms with Crippen LogP contribution in [0.3, 0.4) is 0 Å². The molecule has 0 aliphatic rings. The molecule has 1 aromatic heterocycles. The normalized spacial score (nSPS) is 11.3. The van der Waals surface area contributed by atoms with Crippen LogP contribution in [0.15, 0.2) is 103 Å². The Morgan fingerprint density at radius 2 is 1.35 bits per heavy atom.